The Morgan fingerprint density at radius 1 is 1.00 bits per heavy atom. The van der Waals surface area contributed by atoms with E-state index in [1.807, 2.05) is 6.07 Å². The third-order valence-corrected chi connectivity index (χ3v) is 3.40. The van der Waals surface area contributed by atoms with Crippen molar-refractivity contribution < 1.29 is 0 Å². The second-order valence-corrected chi connectivity index (χ2v) is 5.07. The van der Waals surface area contributed by atoms with Gasteiger partial charge in [0, 0.05) is 22.6 Å². The number of para-hydroxylation sites is 1. The normalized spacial score (nSPS) is 12.7. The number of nitrogens with one attached hydrogen (secondary N) is 1. The molecule has 0 saturated heterocycles. The van der Waals surface area contributed by atoms with Crippen LogP contribution in [0.25, 0.3) is 22.2 Å². The third-order valence-electron chi connectivity index (χ3n) is 3.40. The van der Waals surface area contributed by atoms with E-state index in [1.54, 1.807) is 0 Å². The van der Waals surface area contributed by atoms with E-state index in [-0.39, 0.29) is 6.04 Å². The van der Waals surface area contributed by atoms with E-state index in [0.717, 1.165) is 6.42 Å². The van der Waals surface area contributed by atoms with Crippen molar-refractivity contribution in [3.05, 3.63) is 60.2 Å². The predicted octanol–water partition coefficient (Wildman–Crippen LogP) is 3.72. The summed E-state index contributed by atoms with van der Waals surface area (Å²) in [6.45, 7) is 2.05. The lowest BCUT2D eigenvalue weighted by Gasteiger charge is -2.08. The predicted molar refractivity (Wildman–Crippen MR) is 81.1 cm³/mol. The van der Waals surface area contributed by atoms with Crippen LogP contribution in [0.15, 0.2) is 54.6 Å². The molecule has 19 heavy (non-hydrogen) atoms. The topological polar surface area (TPSA) is 41.8 Å². The molecule has 0 aliphatic heterocycles. The van der Waals surface area contributed by atoms with E-state index >= 15 is 0 Å². The molecule has 0 aliphatic rings. The van der Waals surface area contributed by atoms with Gasteiger partial charge >= 0.3 is 0 Å². The average molecular weight is 250 g/mol. The molecule has 2 heteroatoms. The monoisotopic (exact) mass is 250 g/mol. The van der Waals surface area contributed by atoms with Crippen LogP contribution in [0.2, 0.25) is 0 Å². The van der Waals surface area contributed by atoms with Crippen LogP contribution >= 0.6 is 0 Å². The van der Waals surface area contributed by atoms with Gasteiger partial charge in [-0.25, -0.2) is 0 Å². The lowest BCUT2D eigenvalue weighted by atomic mass is 10.00. The fourth-order valence-corrected chi connectivity index (χ4v) is 2.59. The molecule has 1 aromatic heterocycles. The zero-order valence-corrected chi connectivity index (χ0v) is 11.1. The first-order valence-corrected chi connectivity index (χ1v) is 6.66. The molecule has 0 saturated carbocycles. The van der Waals surface area contributed by atoms with E-state index in [9.17, 15) is 0 Å². The summed E-state index contributed by atoms with van der Waals surface area (Å²) in [5.41, 5.74) is 10.9. The molecular weight excluding hydrogens is 232 g/mol. The highest BCUT2D eigenvalue weighted by atomic mass is 14.7. The van der Waals surface area contributed by atoms with Gasteiger partial charge in [0.1, 0.15) is 0 Å². The molecule has 3 N–H and O–H groups in total. The molecule has 2 nitrogen and oxygen atoms in total. The van der Waals surface area contributed by atoms with Crippen LogP contribution in [0.3, 0.4) is 0 Å². The lowest BCUT2D eigenvalue weighted by Crippen LogP contribution is -2.18. The first-order chi connectivity index (χ1) is 9.25. The Morgan fingerprint density at radius 2 is 1.68 bits per heavy atom. The highest BCUT2D eigenvalue weighted by molar-refractivity contribution is 5.90. The quantitative estimate of drug-likeness (QED) is 0.730. The number of aromatic nitrogens is 1. The van der Waals surface area contributed by atoms with E-state index in [4.69, 9.17) is 5.73 Å². The molecule has 0 fully saturated rings. The van der Waals surface area contributed by atoms with Gasteiger partial charge in [-0.15, -0.1) is 0 Å². The summed E-state index contributed by atoms with van der Waals surface area (Å²) in [5.74, 6) is 0. The van der Waals surface area contributed by atoms with Gasteiger partial charge < -0.3 is 10.7 Å². The number of benzene rings is 2. The van der Waals surface area contributed by atoms with Crippen LogP contribution in [0.1, 0.15) is 12.5 Å². The number of aromatic amines is 1. The van der Waals surface area contributed by atoms with Crippen molar-refractivity contribution in [3.63, 3.8) is 0 Å². The Bertz CT molecular complexity index is 681. The van der Waals surface area contributed by atoms with Crippen molar-refractivity contribution in [2.24, 2.45) is 5.73 Å². The summed E-state index contributed by atoms with van der Waals surface area (Å²) >= 11 is 0. The SMILES string of the molecule is CC(N)Cc1c(-c2ccccc2)[nH]c2ccccc12. The maximum atomic E-state index is 6.01. The Balaban J connectivity index is 2.23. The highest BCUT2D eigenvalue weighted by Gasteiger charge is 2.13. The molecule has 1 unspecified atom stereocenters. The molecule has 0 amide bonds. The fraction of sp³-hybridized carbons (Fsp3) is 0.176. The van der Waals surface area contributed by atoms with Gasteiger partial charge in [0.05, 0.1) is 0 Å². The molecule has 96 valence electrons. The second kappa shape index (κ2) is 4.90. The standard InChI is InChI=1S/C17H18N2/c1-12(18)11-15-14-9-5-6-10-16(14)19-17(15)13-7-3-2-4-8-13/h2-10,12,19H,11,18H2,1H3. The molecular formula is C17H18N2. The highest BCUT2D eigenvalue weighted by Crippen LogP contribution is 2.30. The van der Waals surface area contributed by atoms with Crippen molar-refractivity contribution in [1.29, 1.82) is 0 Å². The number of hydrogen-bond acceptors (Lipinski definition) is 1. The number of hydrogen-bond donors (Lipinski definition) is 2. The summed E-state index contributed by atoms with van der Waals surface area (Å²) in [4.78, 5) is 3.53. The minimum Gasteiger partial charge on any atom is -0.354 e. The van der Waals surface area contributed by atoms with E-state index in [2.05, 4.69) is 60.4 Å². The Morgan fingerprint density at radius 3 is 2.42 bits per heavy atom. The second-order valence-electron chi connectivity index (χ2n) is 5.07. The number of fused-ring (bicyclic) bond motifs is 1. The minimum atomic E-state index is 0.154. The van der Waals surface area contributed by atoms with Crippen LogP contribution in [-0.2, 0) is 6.42 Å². The van der Waals surface area contributed by atoms with Gasteiger partial charge in [-0.1, -0.05) is 48.5 Å². The summed E-state index contributed by atoms with van der Waals surface area (Å²) in [6, 6.07) is 19.0. The zero-order chi connectivity index (χ0) is 13.2. The molecule has 3 rings (SSSR count). The van der Waals surface area contributed by atoms with Gasteiger partial charge in [-0.05, 0) is 30.5 Å². The summed E-state index contributed by atoms with van der Waals surface area (Å²) in [6.07, 6.45) is 0.883. The van der Waals surface area contributed by atoms with Gasteiger partial charge in [0.15, 0.2) is 0 Å². The van der Waals surface area contributed by atoms with Crippen LogP contribution in [0.5, 0.6) is 0 Å². The molecule has 2 aromatic carbocycles. The van der Waals surface area contributed by atoms with Crippen molar-refractivity contribution in [2.75, 3.05) is 0 Å². The van der Waals surface area contributed by atoms with E-state index in [0.29, 0.717) is 0 Å². The first-order valence-electron chi connectivity index (χ1n) is 6.66. The molecule has 0 aliphatic carbocycles. The number of H-pyrrole nitrogens is 1. The Labute approximate surface area is 113 Å². The summed E-state index contributed by atoms with van der Waals surface area (Å²) in [7, 11) is 0. The molecule has 1 heterocycles. The van der Waals surface area contributed by atoms with Crippen molar-refractivity contribution in [3.8, 4) is 11.3 Å². The molecule has 0 bridgehead atoms. The number of rotatable bonds is 3. The van der Waals surface area contributed by atoms with Crippen molar-refractivity contribution in [1.82, 2.24) is 4.98 Å². The van der Waals surface area contributed by atoms with Crippen molar-refractivity contribution >= 4 is 10.9 Å². The van der Waals surface area contributed by atoms with E-state index < -0.39 is 0 Å². The lowest BCUT2D eigenvalue weighted by molar-refractivity contribution is 0.742. The minimum absolute atomic E-state index is 0.154. The van der Waals surface area contributed by atoms with Crippen LogP contribution in [0.4, 0.5) is 0 Å². The summed E-state index contributed by atoms with van der Waals surface area (Å²) in [5, 5.41) is 1.28. The fourth-order valence-electron chi connectivity index (χ4n) is 2.59. The third kappa shape index (κ3) is 2.27. The van der Waals surface area contributed by atoms with Gasteiger partial charge in [0.25, 0.3) is 0 Å². The van der Waals surface area contributed by atoms with E-state index in [1.165, 1.54) is 27.7 Å². The number of nitrogens with two attached hydrogens (primary N) is 1. The van der Waals surface area contributed by atoms with Gasteiger partial charge in [0.2, 0.25) is 0 Å². The zero-order valence-electron chi connectivity index (χ0n) is 11.1. The average Bonchev–Trinajstić information content (AvgIpc) is 2.78. The molecule has 0 radical (unpaired) electrons. The van der Waals surface area contributed by atoms with Crippen LogP contribution in [-0.4, -0.2) is 11.0 Å². The molecule has 0 spiro atoms. The molecule has 3 aromatic rings. The van der Waals surface area contributed by atoms with Crippen LogP contribution < -0.4 is 5.73 Å². The molecule has 1 atom stereocenters. The smallest absolute Gasteiger partial charge is 0.0497 e. The van der Waals surface area contributed by atoms with Crippen molar-refractivity contribution in [2.45, 2.75) is 19.4 Å². The van der Waals surface area contributed by atoms with Crippen LogP contribution in [0, 0.1) is 0 Å². The van der Waals surface area contributed by atoms with Gasteiger partial charge in [-0.3, -0.25) is 0 Å². The maximum absolute atomic E-state index is 6.01. The Kier molecular flexibility index (Phi) is 3.10. The Hall–Kier alpha value is -2.06. The summed E-state index contributed by atoms with van der Waals surface area (Å²) < 4.78 is 0. The maximum Gasteiger partial charge on any atom is 0.0497 e. The largest absolute Gasteiger partial charge is 0.354 e. The van der Waals surface area contributed by atoms with Gasteiger partial charge in [-0.2, -0.15) is 0 Å². The first kappa shape index (κ1) is 12.0.